The van der Waals surface area contributed by atoms with Crippen molar-refractivity contribution in [2.24, 2.45) is 0 Å². The van der Waals surface area contributed by atoms with Crippen LogP contribution in [0, 0.1) is 0 Å². The molecule has 0 N–H and O–H groups in total. The van der Waals surface area contributed by atoms with Gasteiger partial charge in [0, 0.05) is 35.2 Å². The van der Waals surface area contributed by atoms with Crippen LogP contribution in [0.3, 0.4) is 0 Å². The fourth-order valence-corrected chi connectivity index (χ4v) is 6.92. The topological polar surface area (TPSA) is 43.4 Å². The van der Waals surface area contributed by atoms with E-state index in [4.69, 9.17) is 4.74 Å². The molecule has 0 aliphatic rings. The molecule has 1 radical (unpaired) electrons. The predicted molar refractivity (Wildman–Crippen MR) is 236 cm³/mol. The normalized spacial score (nSPS) is 10.5. The van der Waals surface area contributed by atoms with Gasteiger partial charge in [-0.15, -0.1) is 0 Å². The molecule has 309 valence electrons. The van der Waals surface area contributed by atoms with Gasteiger partial charge in [0.15, 0.2) is 17.4 Å². The van der Waals surface area contributed by atoms with Crippen molar-refractivity contribution in [1.82, 2.24) is 0 Å². The fourth-order valence-electron chi connectivity index (χ4n) is 6.92. The summed E-state index contributed by atoms with van der Waals surface area (Å²) in [5.41, 5.74) is 0. The van der Waals surface area contributed by atoms with Crippen LogP contribution in [0.25, 0.3) is 0 Å². The quantitative estimate of drug-likeness (QED) is 0.0266. The van der Waals surface area contributed by atoms with E-state index < -0.39 is 0 Å². The van der Waals surface area contributed by atoms with Crippen LogP contribution < -0.4 is 0 Å². The second-order valence-electron chi connectivity index (χ2n) is 15.1. The van der Waals surface area contributed by atoms with E-state index in [0.29, 0.717) is 12.8 Å². The van der Waals surface area contributed by atoms with Crippen molar-refractivity contribution in [3.63, 3.8) is 0 Å². The first-order valence-electron chi connectivity index (χ1n) is 21.9. The summed E-state index contributed by atoms with van der Waals surface area (Å²) in [6, 6.07) is 0. The summed E-state index contributed by atoms with van der Waals surface area (Å²) in [4.78, 5) is 24.0. The third-order valence-corrected chi connectivity index (χ3v) is 10.2. The van der Waals surface area contributed by atoms with Gasteiger partial charge in [0.05, 0.1) is 0 Å². The Morgan fingerprint density at radius 3 is 0.627 bits per heavy atom. The summed E-state index contributed by atoms with van der Waals surface area (Å²) in [7, 11) is 0. The molecule has 0 saturated carbocycles. The Balaban J connectivity index is -0.000000705. The van der Waals surface area contributed by atoms with Crippen LogP contribution in [0.5, 0.6) is 0 Å². The van der Waals surface area contributed by atoms with Crippen LogP contribution in [0.2, 0.25) is 0 Å². The predicted octanol–water partition coefficient (Wildman–Crippen LogP) is 12.9. The number of hydrogen-bond acceptors (Lipinski definition) is 3. The van der Waals surface area contributed by atoms with Gasteiger partial charge in [-0.05, 0) is 12.8 Å². The van der Waals surface area contributed by atoms with E-state index in [1.54, 1.807) is 0 Å². The summed E-state index contributed by atoms with van der Waals surface area (Å²) in [6.07, 6.45) is 51.9. The molecule has 0 unspecified atom stereocenters. The van der Waals surface area contributed by atoms with Gasteiger partial charge in [-0.3, -0.25) is 9.59 Å². The third kappa shape index (κ3) is 56.9. The van der Waals surface area contributed by atoms with Crippen molar-refractivity contribution in [2.75, 3.05) is 0 Å². The number of ether oxygens (including phenoxy) is 1. The Morgan fingerprint density at radius 2 is 0.471 bits per heavy atom. The van der Waals surface area contributed by atoms with Crippen molar-refractivity contribution < 1.29 is 39.6 Å². The van der Waals surface area contributed by atoms with Gasteiger partial charge in [0.1, 0.15) is 0 Å². The molecule has 0 aliphatic carbocycles. The molecular formula is C44H95AgAlCaO3Sn. The molecular weight excluding hydrogens is 870 g/mol. The zero-order valence-electron chi connectivity index (χ0n) is 35.5. The molecule has 0 aromatic carbocycles. The second-order valence-corrected chi connectivity index (χ2v) is 15.1. The Bertz CT molecular complexity index is 604. The minimum absolute atomic E-state index is 0. The van der Waals surface area contributed by atoms with Crippen LogP contribution in [-0.4, -0.2) is 90.9 Å². The van der Waals surface area contributed by atoms with Crippen molar-refractivity contribution >= 4 is 90.9 Å². The zero-order valence-corrected chi connectivity index (χ0v) is 37.2. The van der Waals surface area contributed by atoms with E-state index in [9.17, 15) is 9.59 Å². The third-order valence-electron chi connectivity index (χ3n) is 10.2. The molecule has 0 spiro atoms. The summed E-state index contributed by atoms with van der Waals surface area (Å²) >= 11 is 0. The van der Waals surface area contributed by atoms with Crippen LogP contribution in [0.4, 0.5) is 0 Å². The number of hydrogen-bond donors (Lipinski definition) is 0. The molecule has 7 heteroatoms. The summed E-state index contributed by atoms with van der Waals surface area (Å²) < 4.78 is 5.05. The molecule has 0 amide bonds. The van der Waals surface area contributed by atoms with Gasteiger partial charge in [0.2, 0.25) is 0 Å². The van der Waals surface area contributed by atoms with Crippen LogP contribution in [0.1, 0.15) is 274 Å². The average molecular weight is 966 g/mol. The number of unbranched alkanes of at least 4 members (excludes halogenated alkanes) is 36. The summed E-state index contributed by atoms with van der Waals surface area (Å²) in [6.45, 7) is 4.58. The van der Waals surface area contributed by atoms with Crippen molar-refractivity contribution in [3.05, 3.63) is 0 Å². The zero-order chi connectivity index (χ0) is 34.1. The molecule has 0 fully saturated rings. The molecule has 0 rings (SSSR count). The van der Waals surface area contributed by atoms with E-state index in [0.717, 1.165) is 25.7 Å². The Labute approximate surface area is 397 Å². The van der Waals surface area contributed by atoms with E-state index in [-0.39, 0.29) is 116 Å². The summed E-state index contributed by atoms with van der Waals surface area (Å²) in [5.74, 6) is -0.639. The van der Waals surface area contributed by atoms with E-state index in [2.05, 4.69) is 13.8 Å². The van der Waals surface area contributed by atoms with Gasteiger partial charge < -0.3 is 7.59 Å². The van der Waals surface area contributed by atoms with Gasteiger partial charge in [-0.25, -0.2) is 0 Å². The Hall–Kier alpha value is 2.47. The maximum atomic E-state index is 12.0. The van der Waals surface area contributed by atoms with Gasteiger partial charge >= 0.3 is 73.6 Å². The van der Waals surface area contributed by atoms with Crippen molar-refractivity contribution in [1.29, 1.82) is 0 Å². The first kappa shape index (κ1) is 62.7. The molecule has 0 aromatic rings. The molecule has 0 atom stereocenters. The first-order chi connectivity index (χ1) is 23.2. The van der Waals surface area contributed by atoms with E-state index >= 15 is 0 Å². The van der Waals surface area contributed by atoms with Crippen LogP contribution in [-0.2, 0) is 36.7 Å². The standard InChI is InChI=1S/C44H86O3.Ag.Al.Ca.Sn.9H/c1-3-5-7-9-11-13-15-17-19-21-23-25-27-29-31-33-35-37-39-41-43(45)47-44(46)42-40-38-36-34-32-30-28-26-24-22-20-18-16-14-12-10-8-6-4-2;;;;;;;;;;;;;/h3-42H2,1-2H3;;;;;;;;;;;;;/q;;;+2;;;;;;;;;2*-1. The summed E-state index contributed by atoms with van der Waals surface area (Å²) in [5, 5.41) is 0. The van der Waals surface area contributed by atoms with Gasteiger partial charge in [-0.1, -0.05) is 245 Å². The van der Waals surface area contributed by atoms with Crippen molar-refractivity contribution in [3.8, 4) is 0 Å². The monoisotopic (exact) mass is 965 g/mol. The number of carbonyl (C=O) groups is 2. The molecule has 0 bridgehead atoms. The maximum absolute atomic E-state index is 12.0. The van der Waals surface area contributed by atoms with E-state index in [1.807, 2.05) is 0 Å². The number of esters is 2. The van der Waals surface area contributed by atoms with Crippen molar-refractivity contribution in [2.45, 2.75) is 271 Å². The van der Waals surface area contributed by atoms with Crippen LogP contribution in [0.15, 0.2) is 0 Å². The second kappa shape index (κ2) is 56.8. The molecule has 51 heavy (non-hydrogen) atoms. The van der Waals surface area contributed by atoms with E-state index in [1.165, 1.54) is 218 Å². The minimum atomic E-state index is -0.320. The van der Waals surface area contributed by atoms with Gasteiger partial charge in [0.25, 0.3) is 0 Å². The number of rotatable bonds is 40. The fraction of sp³-hybridized carbons (Fsp3) is 0.955. The SMILES string of the molecule is CCCCCCCCCCCCCCCCCCCCCC(=O)OC(=O)CCCCCCCCCCCCCCCCCCCCC.[Ag].[AlH3].[Ca+2].[H-].[H-].[SnH4]. The molecule has 0 aliphatic heterocycles. The Morgan fingerprint density at radius 1 is 0.333 bits per heavy atom. The molecule has 0 heterocycles. The van der Waals surface area contributed by atoms with Gasteiger partial charge in [-0.2, -0.15) is 0 Å². The molecule has 3 nitrogen and oxygen atoms in total. The average Bonchev–Trinajstić information content (AvgIpc) is 3.06. The number of carbonyl (C=O) groups excluding carboxylic acids is 2. The van der Waals surface area contributed by atoms with Crippen LogP contribution >= 0.6 is 0 Å². The molecule has 0 aromatic heterocycles. The Kier molecular flexibility index (Phi) is 69.8. The first-order valence-corrected chi connectivity index (χ1v) is 21.9. The molecule has 0 saturated heterocycles.